The Balaban J connectivity index is 1.77. The predicted molar refractivity (Wildman–Crippen MR) is 106 cm³/mol. The highest BCUT2D eigenvalue weighted by atomic mass is 79.9. The minimum Gasteiger partial charge on any atom is -0.454 e. The molecule has 0 aliphatic heterocycles. The van der Waals surface area contributed by atoms with E-state index in [4.69, 9.17) is 9.47 Å². The predicted octanol–water partition coefficient (Wildman–Crippen LogP) is 5.91. The van der Waals surface area contributed by atoms with Crippen LogP contribution in [0.3, 0.4) is 0 Å². The molecule has 2 aromatic carbocycles. The highest BCUT2D eigenvalue weighted by Crippen LogP contribution is 2.59. The summed E-state index contributed by atoms with van der Waals surface area (Å²) in [6.07, 6.45) is 0.757. The normalized spacial score (nSPS) is 21.0. The molecule has 4 nitrogen and oxygen atoms in total. The van der Waals surface area contributed by atoms with Crippen molar-refractivity contribution in [3.8, 4) is 17.6 Å². The molecule has 1 fully saturated rings. The number of hydrogen-bond acceptors (Lipinski definition) is 4. The van der Waals surface area contributed by atoms with Gasteiger partial charge in [0.15, 0.2) is 11.6 Å². The van der Waals surface area contributed by atoms with Gasteiger partial charge in [0.2, 0.25) is 6.10 Å². The second-order valence-corrected chi connectivity index (χ2v) is 7.72. The van der Waals surface area contributed by atoms with Crippen molar-refractivity contribution in [1.82, 2.24) is 0 Å². The van der Waals surface area contributed by atoms with Gasteiger partial charge in [0.05, 0.1) is 5.92 Å². The lowest BCUT2D eigenvalue weighted by atomic mass is 10.1. The Morgan fingerprint density at radius 1 is 1.29 bits per heavy atom. The number of rotatable bonds is 6. The summed E-state index contributed by atoms with van der Waals surface area (Å²) >= 11 is 3.23. The molecule has 144 valence electrons. The Kier molecular flexibility index (Phi) is 5.85. The van der Waals surface area contributed by atoms with E-state index in [1.165, 1.54) is 18.2 Å². The third-order valence-electron chi connectivity index (χ3n) is 5.02. The summed E-state index contributed by atoms with van der Waals surface area (Å²) in [5.41, 5.74) is 0.125. The fraction of sp³-hybridized carbons (Fsp3) is 0.273. The van der Waals surface area contributed by atoms with Crippen LogP contribution in [-0.2, 0) is 9.53 Å². The van der Waals surface area contributed by atoms with E-state index >= 15 is 0 Å². The van der Waals surface area contributed by atoms with Gasteiger partial charge in [-0.1, -0.05) is 60.1 Å². The molecule has 1 aliphatic carbocycles. The summed E-state index contributed by atoms with van der Waals surface area (Å²) < 4.78 is 25.1. The van der Waals surface area contributed by atoms with E-state index in [-0.39, 0.29) is 23.0 Å². The van der Waals surface area contributed by atoms with Gasteiger partial charge in [0.25, 0.3) is 0 Å². The summed E-state index contributed by atoms with van der Waals surface area (Å²) in [5.74, 6) is -0.856. The first kappa shape index (κ1) is 20.1. The van der Waals surface area contributed by atoms with Crippen molar-refractivity contribution in [2.24, 2.45) is 17.3 Å². The highest BCUT2D eigenvalue weighted by Gasteiger charge is 2.61. The molecule has 0 spiro atoms. The molecule has 0 heterocycles. The van der Waals surface area contributed by atoms with Gasteiger partial charge in [-0.05, 0) is 40.6 Å². The van der Waals surface area contributed by atoms with Gasteiger partial charge in [0.1, 0.15) is 11.8 Å². The molecule has 28 heavy (non-hydrogen) atoms. The highest BCUT2D eigenvalue weighted by molar-refractivity contribution is 9.11. The Bertz CT molecular complexity index is 937. The number of carbonyl (C=O) groups is 1. The van der Waals surface area contributed by atoms with Gasteiger partial charge in [-0.3, -0.25) is 4.79 Å². The molecule has 0 bridgehead atoms. The molecule has 1 saturated carbocycles. The number of ether oxygens (including phenoxy) is 2. The van der Waals surface area contributed by atoms with Gasteiger partial charge in [-0.25, -0.2) is 4.39 Å². The van der Waals surface area contributed by atoms with E-state index in [1.807, 2.05) is 32.1 Å². The molecule has 0 radical (unpaired) electrons. The van der Waals surface area contributed by atoms with Crippen LogP contribution in [0.25, 0.3) is 0 Å². The van der Waals surface area contributed by atoms with Gasteiger partial charge in [-0.15, -0.1) is 0 Å². The van der Waals surface area contributed by atoms with Crippen molar-refractivity contribution in [2.45, 2.75) is 20.0 Å². The summed E-state index contributed by atoms with van der Waals surface area (Å²) in [6.45, 7) is 3.95. The second kappa shape index (κ2) is 8.15. The number of nitriles is 1. The lowest BCUT2D eigenvalue weighted by molar-refractivity contribution is -0.149. The lowest BCUT2D eigenvalue weighted by Gasteiger charge is -2.14. The zero-order chi connectivity index (χ0) is 20.3. The average molecular weight is 444 g/mol. The summed E-state index contributed by atoms with van der Waals surface area (Å²) in [4.78, 5) is 14.3. The van der Waals surface area contributed by atoms with Crippen molar-refractivity contribution in [2.75, 3.05) is 0 Å². The molecular formula is C22H19BrFNO3. The SMILES string of the molecule is CC1(C)C(/C=C/Br)C1C(=O)OC(C#N)c1ccc(F)c(Oc2ccccc2)c1. The lowest BCUT2D eigenvalue weighted by Crippen LogP contribution is -2.14. The third kappa shape index (κ3) is 4.10. The number of hydrogen-bond donors (Lipinski definition) is 0. The first-order valence-corrected chi connectivity index (χ1v) is 9.69. The first-order valence-electron chi connectivity index (χ1n) is 8.78. The van der Waals surface area contributed by atoms with Gasteiger partial charge >= 0.3 is 5.97 Å². The monoisotopic (exact) mass is 443 g/mol. The molecular weight excluding hydrogens is 425 g/mol. The number of benzene rings is 2. The van der Waals surface area contributed by atoms with Crippen LogP contribution in [-0.4, -0.2) is 5.97 Å². The molecule has 3 unspecified atom stereocenters. The summed E-state index contributed by atoms with van der Waals surface area (Å²) in [7, 11) is 0. The first-order chi connectivity index (χ1) is 13.4. The largest absolute Gasteiger partial charge is 0.454 e. The van der Waals surface area contributed by atoms with Crippen molar-refractivity contribution in [3.05, 3.63) is 71.0 Å². The Morgan fingerprint density at radius 2 is 2.00 bits per heavy atom. The fourth-order valence-corrected chi connectivity index (χ4v) is 3.63. The number of para-hydroxylation sites is 1. The number of allylic oxidation sites excluding steroid dienone is 1. The molecule has 3 atom stereocenters. The van der Waals surface area contributed by atoms with Crippen molar-refractivity contribution in [1.29, 1.82) is 5.26 Å². The zero-order valence-electron chi connectivity index (χ0n) is 15.4. The Morgan fingerprint density at radius 3 is 2.64 bits per heavy atom. The standard InChI is InChI=1S/C22H19BrFNO3/c1-22(2)16(10-11-23)20(22)21(26)28-19(13-25)14-8-9-17(24)18(12-14)27-15-6-4-3-5-7-15/h3-12,16,19-20H,1-2H3/b11-10+. The van der Waals surface area contributed by atoms with Crippen LogP contribution >= 0.6 is 15.9 Å². The van der Waals surface area contributed by atoms with E-state index in [9.17, 15) is 14.4 Å². The van der Waals surface area contributed by atoms with Gasteiger partial charge in [0, 0.05) is 5.56 Å². The second-order valence-electron chi connectivity index (χ2n) is 7.19. The maximum atomic E-state index is 14.1. The molecule has 6 heteroatoms. The Hall–Kier alpha value is -2.65. The van der Waals surface area contributed by atoms with Crippen LogP contribution in [0.4, 0.5) is 4.39 Å². The van der Waals surface area contributed by atoms with Crippen LogP contribution in [0, 0.1) is 34.4 Å². The summed E-state index contributed by atoms with van der Waals surface area (Å²) in [6, 6.07) is 14.7. The van der Waals surface area contributed by atoms with Crippen LogP contribution in [0.5, 0.6) is 11.5 Å². The van der Waals surface area contributed by atoms with Crippen LogP contribution in [0.15, 0.2) is 59.6 Å². The molecule has 3 rings (SSSR count). The smallest absolute Gasteiger partial charge is 0.311 e. The molecule has 0 amide bonds. The minimum atomic E-state index is -1.14. The van der Waals surface area contributed by atoms with Crippen molar-refractivity contribution in [3.63, 3.8) is 0 Å². The minimum absolute atomic E-state index is 0.0353. The van der Waals surface area contributed by atoms with E-state index in [2.05, 4.69) is 15.9 Å². The van der Waals surface area contributed by atoms with E-state index in [0.29, 0.717) is 11.3 Å². The molecule has 0 aromatic heterocycles. The quantitative estimate of drug-likeness (QED) is 0.520. The van der Waals surface area contributed by atoms with Crippen LogP contribution in [0.2, 0.25) is 0 Å². The van der Waals surface area contributed by atoms with Crippen LogP contribution < -0.4 is 4.74 Å². The van der Waals surface area contributed by atoms with Gasteiger partial charge < -0.3 is 9.47 Å². The number of nitrogens with zero attached hydrogens (tertiary/aromatic N) is 1. The molecule has 0 N–H and O–H groups in total. The third-order valence-corrected chi connectivity index (χ3v) is 5.33. The fourth-order valence-electron chi connectivity index (χ4n) is 3.30. The maximum absolute atomic E-state index is 14.1. The van der Waals surface area contributed by atoms with Crippen molar-refractivity contribution < 1.29 is 18.7 Å². The zero-order valence-corrected chi connectivity index (χ0v) is 17.0. The number of halogens is 2. The van der Waals surface area contributed by atoms with Gasteiger partial charge in [-0.2, -0.15) is 5.26 Å². The van der Waals surface area contributed by atoms with E-state index in [0.717, 1.165) is 0 Å². The van der Waals surface area contributed by atoms with Crippen molar-refractivity contribution >= 4 is 21.9 Å². The topological polar surface area (TPSA) is 59.3 Å². The van der Waals surface area contributed by atoms with Crippen LogP contribution in [0.1, 0.15) is 25.5 Å². The van der Waals surface area contributed by atoms with E-state index in [1.54, 1.807) is 29.3 Å². The number of esters is 1. The molecule has 1 aliphatic rings. The summed E-state index contributed by atoms with van der Waals surface area (Å²) in [5, 5.41) is 9.50. The average Bonchev–Trinajstić information content (AvgIpc) is 3.23. The Labute approximate surface area is 171 Å². The maximum Gasteiger partial charge on any atom is 0.311 e. The molecule has 0 saturated heterocycles. The molecule has 2 aromatic rings. The number of carbonyl (C=O) groups excluding carboxylic acids is 1. The van der Waals surface area contributed by atoms with E-state index < -0.39 is 17.9 Å².